The van der Waals surface area contributed by atoms with E-state index in [4.69, 9.17) is 9.47 Å². The van der Waals surface area contributed by atoms with E-state index in [0.29, 0.717) is 22.5 Å². The van der Waals surface area contributed by atoms with Gasteiger partial charge in [-0.05, 0) is 42.0 Å². The Morgan fingerprint density at radius 2 is 1.77 bits per heavy atom. The van der Waals surface area contributed by atoms with E-state index in [1.165, 1.54) is 23.9 Å². The zero-order valence-corrected chi connectivity index (χ0v) is 19.5. The highest BCUT2D eigenvalue weighted by atomic mass is 32.2. The van der Waals surface area contributed by atoms with E-state index in [2.05, 4.69) is 20.9 Å². The molecule has 1 aliphatic rings. The van der Waals surface area contributed by atoms with Crippen LogP contribution in [-0.4, -0.2) is 33.1 Å². The molecule has 4 aromatic rings. The highest BCUT2D eigenvalue weighted by Crippen LogP contribution is 2.38. The molecule has 5 rings (SSSR count). The number of para-hydroxylation sites is 2. The van der Waals surface area contributed by atoms with Crippen molar-refractivity contribution in [1.82, 2.24) is 14.9 Å². The second-order valence-corrected chi connectivity index (χ2v) is 8.83. The first kappa shape index (κ1) is 22.7. The Morgan fingerprint density at radius 1 is 1.03 bits per heavy atom. The maximum Gasteiger partial charge on any atom is 0.240 e. The first-order valence-corrected chi connectivity index (χ1v) is 11.7. The van der Waals surface area contributed by atoms with Gasteiger partial charge in [-0.2, -0.15) is 0 Å². The minimum atomic E-state index is -0.650. The predicted octanol–water partition coefficient (Wildman–Crippen LogP) is 4.40. The predicted molar refractivity (Wildman–Crippen MR) is 131 cm³/mol. The highest BCUT2D eigenvalue weighted by Gasteiger charge is 2.38. The summed E-state index contributed by atoms with van der Waals surface area (Å²) in [7, 11) is 1.59. The molecule has 0 spiro atoms. The summed E-state index contributed by atoms with van der Waals surface area (Å²) in [6.45, 7) is 0.187. The molecule has 2 heterocycles. The third kappa shape index (κ3) is 4.92. The Balaban J connectivity index is 1.43. The number of carbonyl (C=O) groups excluding carboxylic acids is 1. The lowest BCUT2D eigenvalue weighted by atomic mass is 10.0. The largest absolute Gasteiger partial charge is 0.497 e. The number of amides is 1. The SMILES string of the molecule is COc1ccc([C@@H]2Nn3c(COc4ccccc4)nnc3S[C@@H]2C(=O)Nc2ccccc2F)cc1. The summed E-state index contributed by atoms with van der Waals surface area (Å²) < 4.78 is 27.0. The first-order chi connectivity index (χ1) is 17.1. The quantitative estimate of drug-likeness (QED) is 0.396. The van der Waals surface area contributed by atoms with Gasteiger partial charge in [0.2, 0.25) is 11.1 Å². The number of anilines is 1. The van der Waals surface area contributed by atoms with Gasteiger partial charge in [-0.3, -0.25) is 4.79 Å². The van der Waals surface area contributed by atoms with Gasteiger partial charge in [0.1, 0.15) is 29.2 Å². The van der Waals surface area contributed by atoms with E-state index in [0.717, 1.165) is 5.56 Å². The average Bonchev–Trinajstić information content (AvgIpc) is 3.30. The zero-order chi connectivity index (χ0) is 24.2. The molecule has 0 unspecified atom stereocenters. The lowest BCUT2D eigenvalue weighted by Crippen LogP contribution is -2.41. The van der Waals surface area contributed by atoms with Gasteiger partial charge in [0.15, 0.2) is 5.82 Å². The monoisotopic (exact) mass is 491 g/mol. The van der Waals surface area contributed by atoms with Gasteiger partial charge in [-0.25, -0.2) is 9.07 Å². The maximum absolute atomic E-state index is 14.2. The number of nitrogens with zero attached hydrogens (tertiary/aromatic N) is 3. The molecule has 0 fully saturated rings. The molecule has 35 heavy (non-hydrogen) atoms. The lowest BCUT2D eigenvalue weighted by Gasteiger charge is -2.33. The van der Waals surface area contributed by atoms with Crippen molar-refractivity contribution >= 4 is 23.4 Å². The zero-order valence-electron chi connectivity index (χ0n) is 18.7. The number of benzene rings is 3. The second-order valence-electron chi connectivity index (χ2n) is 7.72. The van der Waals surface area contributed by atoms with Crippen LogP contribution < -0.4 is 20.2 Å². The molecule has 1 aliphatic heterocycles. The fourth-order valence-electron chi connectivity index (χ4n) is 3.68. The van der Waals surface area contributed by atoms with Gasteiger partial charge < -0.3 is 20.2 Å². The van der Waals surface area contributed by atoms with Gasteiger partial charge in [-0.15, -0.1) is 10.2 Å². The van der Waals surface area contributed by atoms with Gasteiger partial charge in [0.05, 0.1) is 18.8 Å². The van der Waals surface area contributed by atoms with Crippen molar-refractivity contribution in [1.29, 1.82) is 0 Å². The number of hydrogen-bond donors (Lipinski definition) is 2. The van der Waals surface area contributed by atoms with Gasteiger partial charge in [0.25, 0.3) is 0 Å². The minimum absolute atomic E-state index is 0.121. The summed E-state index contributed by atoms with van der Waals surface area (Å²) >= 11 is 1.25. The number of fused-ring (bicyclic) bond motifs is 1. The molecule has 2 N–H and O–H groups in total. The fourth-order valence-corrected chi connectivity index (χ4v) is 4.78. The average molecular weight is 492 g/mol. The van der Waals surface area contributed by atoms with Crippen molar-refractivity contribution < 1.29 is 18.7 Å². The van der Waals surface area contributed by atoms with Crippen molar-refractivity contribution in [3.63, 3.8) is 0 Å². The Bertz CT molecular complexity index is 1320. The topological polar surface area (TPSA) is 90.3 Å². The number of halogens is 1. The van der Waals surface area contributed by atoms with Crippen LogP contribution in [0.1, 0.15) is 17.4 Å². The number of nitrogens with one attached hydrogen (secondary N) is 2. The van der Waals surface area contributed by atoms with Crippen molar-refractivity contribution in [3.05, 3.63) is 96.1 Å². The molecule has 8 nitrogen and oxygen atoms in total. The molecule has 0 aliphatic carbocycles. The van der Waals surface area contributed by atoms with Crippen LogP contribution in [0.4, 0.5) is 10.1 Å². The minimum Gasteiger partial charge on any atom is -0.497 e. The Hall–Kier alpha value is -4.05. The second kappa shape index (κ2) is 10.1. The molecule has 0 radical (unpaired) electrons. The molecule has 178 valence electrons. The van der Waals surface area contributed by atoms with E-state index >= 15 is 0 Å². The van der Waals surface area contributed by atoms with E-state index in [1.807, 2.05) is 54.6 Å². The Kier molecular flexibility index (Phi) is 6.53. The first-order valence-electron chi connectivity index (χ1n) is 10.9. The summed E-state index contributed by atoms with van der Waals surface area (Å²) in [4.78, 5) is 13.3. The van der Waals surface area contributed by atoms with Crippen LogP contribution in [0.15, 0.2) is 84.0 Å². The van der Waals surface area contributed by atoms with Gasteiger partial charge in [0, 0.05) is 0 Å². The lowest BCUT2D eigenvalue weighted by molar-refractivity contribution is -0.116. The highest BCUT2D eigenvalue weighted by molar-refractivity contribution is 8.00. The third-order valence-electron chi connectivity index (χ3n) is 5.48. The van der Waals surface area contributed by atoms with Crippen LogP contribution in [0.5, 0.6) is 11.5 Å². The summed E-state index contributed by atoms with van der Waals surface area (Å²) in [5.41, 5.74) is 4.33. The van der Waals surface area contributed by atoms with Crippen LogP contribution in [0.2, 0.25) is 0 Å². The van der Waals surface area contributed by atoms with Crippen molar-refractivity contribution in [2.24, 2.45) is 0 Å². The molecular formula is C25H22FN5O3S. The Morgan fingerprint density at radius 3 is 2.51 bits per heavy atom. The van der Waals surface area contributed by atoms with Crippen molar-refractivity contribution in [2.45, 2.75) is 23.1 Å². The molecule has 0 saturated carbocycles. The molecule has 1 amide bonds. The number of rotatable bonds is 7. The maximum atomic E-state index is 14.2. The van der Waals surface area contributed by atoms with Crippen LogP contribution in [0, 0.1) is 5.82 Å². The number of thioether (sulfide) groups is 1. The third-order valence-corrected chi connectivity index (χ3v) is 6.70. The van der Waals surface area contributed by atoms with Crippen LogP contribution in [0.3, 0.4) is 0 Å². The summed E-state index contributed by atoms with van der Waals surface area (Å²) in [6.07, 6.45) is 0. The van der Waals surface area contributed by atoms with Crippen molar-refractivity contribution in [2.75, 3.05) is 17.9 Å². The smallest absolute Gasteiger partial charge is 0.240 e. The number of methoxy groups -OCH3 is 1. The van der Waals surface area contributed by atoms with Gasteiger partial charge >= 0.3 is 0 Å². The molecule has 0 bridgehead atoms. The summed E-state index contributed by atoms with van der Waals surface area (Å²) in [5, 5.41) is 11.1. The van der Waals surface area contributed by atoms with Crippen molar-refractivity contribution in [3.8, 4) is 11.5 Å². The normalized spacial score (nSPS) is 16.6. The number of aromatic nitrogens is 3. The Labute approximate surface area is 205 Å². The van der Waals surface area contributed by atoms with E-state index in [9.17, 15) is 9.18 Å². The molecule has 10 heteroatoms. The van der Waals surface area contributed by atoms with Crippen LogP contribution in [-0.2, 0) is 11.4 Å². The van der Waals surface area contributed by atoms with E-state index in [1.54, 1.807) is 23.9 Å². The summed E-state index contributed by atoms with van der Waals surface area (Å²) in [5.74, 6) is 1.11. The van der Waals surface area contributed by atoms with E-state index in [-0.39, 0.29) is 18.2 Å². The number of hydrogen-bond acceptors (Lipinski definition) is 7. The molecule has 1 aromatic heterocycles. The number of carbonyl (C=O) groups is 1. The fraction of sp³-hybridized carbons (Fsp3) is 0.160. The molecular weight excluding hydrogens is 469 g/mol. The van der Waals surface area contributed by atoms with Crippen LogP contribution >= 0.6 is 11.8 Å². The van der Waals surface area contributed by atoms with E-state index < -0.39 is 17.1 Å². The molecule has 2 atom stereocenters. The summed E-state index contributed by atoms with van der Waals surface area (Å²) in [6, 6.07) is 22.4. The number of ether oxygens (including phenoxy) is 2. The molecule has 0 saturated heterocycles. The molecule has 3 aromatic carbocycles. The van der Waals surface area contributed by atoms with Crippen LogP contribution in [0.25, 0.3) is 0 Å². The standard InChI is InChI=1S/C25H22FN5O3S/c1-33-17-13-11-16(12-14-17)22-23(24(32)27-20-10-6-5-9-19(20)26)35-25-29-28-21(31(25)30-22)15-34-18-7-3-2-4-8-18/h2-14,22-23,30H,15H2,1H3,(H,27,32)/t22-,23-/m0/s1. The van der Waals surface area contributed by atoms with Gasteiger partial charge in [-0.1, -0.05) is 54.2 Å².